The van der Waals surface area contributed by atoms with Gasteiger partial charge in [-0.15, -0.1) is 0 Å². The number of nitrogens with zero attached hydrogens (tertiary/aromatic N) is 1. The predicted octanol–water partition coefficient (Wildman–Crippen LogP) is 1.94. The van der Waals surface area contributed by atoms with E-state index in [4.69, 9.17) is 4.74 Å². The quantitative estimate of drug-likeness (QED) is 0.681. The van der Waals surface area contributed by atoms with Gasteiger partial charge in [0.2, 0.25) is 0 Å². The number of likely N-dealkylation sites (tertiary alicyclic amines) is 1. The maximum absolute atomic E-state index is 13.1. The molecule has 1 heterocycles. The molecule has 0 aromatic heterocycles. The van der Waals surface area contributed by atoms with Crippen molar-refractivity contribution < 1.29 is 22.8 Å². The van der Waals surface area contributed by atoms with Crippen LogP contribution in [0.5, 0.6) is 5.75 Å². The first kappa shape index (κ1) is 23.1. The number of hydrogen-bond donors (Lipinski definition) is 2. The highest BCUT2D eigenvalue weighted by molar-refractivity contribution is 7.92. The van der Waals surface area contributed by atoms with Gasteiger partial charge in [-0.3, -0.25) is 9.52 Å². The number of benzene rings is 2. The van der Waals surface area contributed by atoms with Gasteiger partial charge in [-0.1, -0.05) is 6.07 Å². The van der Waals surface area contributed by atoms with E-state index < -0.39 is 10.0 Å². The first-order valence-electron chi connectivity index (χ1n) is 10.7. The number of carbonyl (C=O) groups excluding carboxylic acids is 1. The fraction of sp³-hybridized carbons (Fsp3) is 0.435. The van der Waals surface area contributed by atoms with E-state index in [1.807, 2.05) is 6.92 Å². The normalized spacial score (nSPS) is 19.0. The average molecular weight is 447 g/mol. The van der Waals surface area contributed by atoms with Gasteiger partial charge < -0.3 is 14.5 Å². The van der Waals surface area contributed by atoms with Gasteiger partial charge in [0.25, 0.3) is 15.9 Å². The molecule has 0 unspecified atom stereocenters. The van der Waals surface area contributed by atoms with Gasteiger partial charge in [0.15, 0.2) is 0 Å². The highest BCUT2D eigenvalue weighted by Crippen LogP contribution is 2.24. The van der Waals surface area contributed by atoms with Crippen molar-refractivity contribution in [1.29, 1.82) is 0 Å². The molecule has 0 aliphatic carbocycles. The summed E-state index contributed by atoms with van der Waals surface area (Å²) >= 11 is 0. The lowest BCUT2D eigenvalue weighted by molar-refractivity contribution is -0.885. The summed E-state index contributed by atoms with van der Waals surface area (Å²) in [5.74, 6) is 0.523. The Morgan fingerprint density at radius 3 is 2.42 bits per heavy atom. The number of ether oxygens (including phenoxy) is 1. The van der Waals surface area contributed by atoms with E-state index in [-0.39, 0.29) is 16.8 Å². The number of aryl methyl sites for hydroxylation is 1. The van der Waals surface area contributed by atoms with E-state index in [2.05, 4.69) is 11.8 Å². The molecular weight excluding hydrogens is 414 g/mol. The molecule has 8 heteroatoms. The molecule has 3 rings (SSSR count). The Morgan fingerprint density at radius 2 is 1.81 bits per heavy atom. The second-order valence-corrected chi connectivity index (χ2v) is 9.80. The fourth-order valence-electron chi connectivity index (χ4n) is 3.87. The van der Waals surface area contributed by atoms with Crippen molar-refractivity contribution in [3.8, 4) is 5.75 Å². The third kappa shape index (κ3) is 5.57. The van der Waals surface area contributed by atoms with Gasteiger partial charge in [-0.2, -0.15) is 0 Å². The number of sulfonamides is 1. The third-order valence-electron chi connectivity index (χ3n) is 5.82. The number of hydrogen-bond acceptors (Lipinski definition) is 4. The number of carbonyl (C=O) groups is 1. The lowest BCUT2D eigenvalue weighted by Crippen LogP contribution is -3.10. The average Bonchev–Trinajstić information content (AvgIpc) is 2.75. The number of piperidine rings is 1. The SMILES string of the molecule is CCOc1ccc(NS(=O)(=O)c2cc(C(=O)N(C)C3CC[NH+](C)CC3)ccc2C)cc1. The molecule has 1 aliphatic rings. The maximum Gasteiger partial charge on any atom is 0.262 e. The van der Waals surface area contributed by atoms with E-state index in [0.717, 1.165) is 25.9 Å². The van der Waals surface area contributed by atoms with Crippen molar-refractivity contribution in [2.75, 3.05) is 38.5 Å². The van der Waals surface area contributed by atoms with Crippen LogP contribution < -0.4 is 14.4 Å². The summed E-state index contributed by atoms with van der Waals surface area (Å²) in [5.41, 5.74) is 1.40. The van der Waals surface area contributed by atoms with Gasteiger partial charge in [0.1, 0.15) is 5.75 Å². The second kappa shape index (κ2) is 9.70. The topological polar surface area (TPSA) is 80.1 Å². The smallest absolute Gasteiger partial charge is 0.262 e. The Kier molecular flexibility index (Phi) is 7.23. The standard InChI is InChI=1S/C23H31N3O4S/c1-5-30-21-10-8-19(9-11-21)24-31(28,29)22-16-18(7-6-17(22)2)23(27)26(4)20-12-14-25(3)15-13-20/h6-11,16,20,24H,5,12-15H2,1-4H3/p+1. The third-order valence-corrected chi connectivity index (χ3v) is 7.34. The Morgan fingerprint density at radius 1 is 1.16 bits per heavy atom. The van der Waals surface area contributed by atoms with Gasteiger partial charge >= 0.3 is 0 Å². The first-order valence-corrected chi connectivity index (χ1v) is 12.1. The van der Waals surface area contributed by atoms with Crippen LogP contribution in [-0.4, -0.2) is 59.1 Å². The number of anilines is 1. The molecular formula is C23H32N3O4S+. The summed E-state index contributed by atoms with van der Waals surface area (Å²) in [5, 5.41) is 0. The molecule has 1 fully saturated rings. The molecule has 0 atom stereocenters. The lowest BCUT2D eigenvalue weighted by atomic mass is 10.0. The van der Waals surface area contributed by atoms with Crippen LogP contribution in [0.1, 0.15) is 35.7 Å². The van der Waals surface area contributed by atoms with E-state index in [1.54, 1.807) is 55.3 Å². The Hall–Kier alpha value is -2.58. The molecule has 31 heavy (non-hydrogen) atoms. The monoisotopic (exact) mass is 446 g/mol. The molecule has 1 saturated heterocycles. The van der Waals surface area contributed by atoms with Crippen LogP contribution >= 0.6 is 0 Å². The fourth-order valence-corrected chi connectivity index (χ4v) is 5.20. The Balaban J connectivity index is 1.79. The van der Waals surface area contributed by atoms with Crippen LogP contribution in [0.4, 0.5) is 5.69 Å². The lowest BCUT2D eigenvalue weighted by Gasteiger charge is -2.33. The zero-order chi connectivity index (χ0) is 22.6. The van der Waals surface area contributed by atoms with E-state index in [9.17, 15) is 13.2 Å². The Labute approximate surface area is 185 Å². The first-order chi connectivity index (χ1) is 14.7. The molecule has 2 N–H and O–H groups in total. The minimum absolute atomic E-state index is 0.105. The zero-order valence-corrected chi connectivity index (χ0v) is 19.5. The number of amides is 1. The molecule has 0 saturated carbocycles. The molecule has 1 amide bonds. The van der Waals surface area contributed by atoms with Gasteiger partial charge in [-0.05, 0) is 55.8 Å². The molecule has 1 aliphatic heterocycles. The van der Waals surface area contributed by atoms with Crippen LogP contribution in [0, 0.1) is 6.92 Å². The van der Waals surface area contributed by atoms with E-state index >= 15 is 0 Å². The summed E-state index contributed by atoms with van der Waals surface area (Å²) < 4.78 is 34.1. The van der Waals surface area contributed by atoms with Crippen LogP contribution in [-0.2, 0) is 10.0 Å². The molecule has 7 nitrogen and oxygen atoms in total. The number of nitrogens with one attached hydrogen (secondary N) is 2. The van der Waals surface area contributed by atoms with Crippen molar-refractivity contribution in [3.63, 3.8) is 0 Å². The summed E-state index contributed by atoms with van der Waals surface area (Å²) in [7, 11) is 0.117. The molecule has 168 valence electrons. The summed E-state index contributed by atoms with van der Waals surface area (Å²) in [6.45, 7) is 6.21. The van der Waals surface area contributed by atoms with Gasteiger partial charge in [0.05, 0.1) is 31.6 Å². The molecule has 0 bridgehead atoms. The van der Waals surface area contributed by atoms with Crippen LogP contribution in [0.15, 0.2) is 47.4 Å². The summed E-state index contributed by atoms with van der Waals surface area (Å²) in [6.07, 6.45) is 1.90. The van der Waals surface area contributed by atoms with Crippen LogP contribution in [0.2, 0.25) is 0 Å². The van der Waals surface area contributed by atoms with Crippen molar-refractivity contribution in [3.05, 3.63) is 53.6 Å². The van der Waals surface area contributed by atoms with Crippen molar-refractivity contribution >= 4 is 21.6 Å². The van der Waals surface area contributed by atoms with Crippen LogP contribution in [0.25, 0.3) is 0 Å². The highest BCUT2D eigenvalue weighted by Gasteiger charge is 2.27. The summed E-state index contributed by atoms with van der Waals surface area (Å²) in [6, 6.07) is 11.8. The van der Waals surface area contributed by atoms with Gasteiger partial charge in [0, 0.05) is 37.2 Å². The highest BCUT2D eigenvalue weighted by atomic mass is 32.2. The number of rotatable bonds is 7. The van der Waals surface area contributed by atoms with Crippen LogP contribution in [0.3, 0.4) is 0 Å². The van der Waals surface area contributed by atoms with Gasteiger partial charge in [-0.25, -0.2) is 8.42 Å². The minimum atomic E-state index is -3.85. The number of quaternary nitrogens is 1. The molecule has 2 aromatic rings. The van der Waals surface area contributed by atoms with Crippen molar-refractivity contribution in [2.24, 2.45) is 0 Å². The van der Waals surface area contributed by atoms with Crippen molar-refractivity contribution in [2.45, 2.75) is 37.6 Å². The molecule has 0 radical (unpaired) electrons. The summed E-state index contributed by atoms with van der Waals surface area (Å²) in [4.78, 5) is 16.4. The van der Waals surface area contributed by atoms with E-state index in [0.29, 0.717) is 29.2 Å². The second-order valence-electron chi connectivity index (χ2n) is 8.15. The maximum atomic E-state index is 13.1. The molecule has 0 spiro atoms. The molecule has 2 aromatic carbocycles. The zero-order valence-electron chi connectivity index (χ0n) is 18.6. The minimum Gasteiger partial charge on any atom is -0.494 e. The van der Waals surface area contributed by atoms with E-state index in [1.165, 1.54) is 11.0 Å². The predicted molar refractivity (Wildman–Crippen MR) is 121 cm³/mol. The largest absolute Gasteiger partial charge is 0.494 e. The Bertz CT molecular complexity index is 1010. The van der Waals surface area contributed by atoms with Crippen molar-refractivity contribution in [1.82, 2.24) is 4.90 Å².